The summed E-state index contributed by atoms with van der Waals surface area (Å²) in [6.07, 6.45) is -0.0626. The molecule has 4 heteroatoms. The number of esters is 1. The van der Waals surface area contributed by atoms with Crippen molar-refractivity contribution < 1.29 is 14.6 Å². The highest BCUT2D eigenvalue weighted by Gasteiger charge is 2.11. The van der Waals surface area contributed by atoms with Crippen LogP contribution in [-0.4, -0.2) is 24.3 Å². The zero-order valence-electron chi connectivity index (χ0n) is 7.40. The lowest BCUT2D eigenvalue weighted by atomic mass is 10.1. The Morgan fingerprint density at radius 3 is 3.08 bits per heavy atom. The highest BCUT2D eigenvalue weighted by molar-refractivity contribution is 7.07. The first-order chi connectivity index (χ1) is 6.22. The molecule has 1 atom stereocenters. The number of carbonyl (C=O) groups is 1. The van der Waals surface area contributed by atoms with Crippen LogP contribution in [-0.2, 0) is 16.0 Å². The van der Waals surface area contributed by atoms with Gasteiger partial charge in [0.2, 0.25) is 0 Å². The van der Waals surface area contributed by atoms with E-state index in [1.807, 2.05) is 16.8 Å². The van der Waals surface area contributed by atoms with E-state index in [0.29, 0.717) is 6.42 Å². The van der Waals surface area contributed by atoms with Crippen molar-refractivity contribution in [1.29, 1.82) is 0 Å². The fraction of sp³-hybridized carbons (Fsp3) is 0.444. The van der Waals surface area contributed by atoms with Crippen LogP contribution in [0.1, 0.15) is 12.0 Å². The quantitative estimate of drug-likeness (QED) is 0.743. The first-order valence-electron chi connectivity index (χ1n) is 3.98. The molecule has 1 aromatic rings. The van der Waals surface area contributed by atoms with Gasteiger partial charge in [0.25, 0.3) is 0 Å². The molecule has 0 amide bonds. The minimum Gasteiger partial charge on any atom is -0.469 e. The minimum absolute atomic E-state index is 0.0619. The molecular formula is C9H12O3S. The maximum absolute atomic E-state index is 10.8. The molecule has 1 heterocycles. The summed E-state index contributed by atoms with van der Waals surface area (Å²) in [5, 5.41) is 13.3. The lowest BCUT2D eigenvalue weighted by Crippen LogP contribution is -2.16. The second-order valence-electron chi connectivity index (χ2n) is 2.77. The molecule has 0 aliphatic carbocycles. The maximum atomic E-state index is 10.8. The normalized spacial score (nSPS) is 12.5. The zero-order chi connectivity index (χ0) is 9.68. The Hall–Kier alpha value is -0.870. The molecule has 0 aromatic carbocycles. The molecule has 72 valence electrons. The zero-order valence-corrected chi connectivity index (χ0v) is 8.21. The van der Waals surface area contributed by atoms with Gasteiger partial charge in [0.05, 0.1) is 19.6 Å². The van der Waals surface area contributed by atoms with Crippen molar-refractivity contribution >= 4 is 17.3 Å². The molecule has 13 heavy (non-hydrogen) atoms. The summed E-state index contributed by atoms with van der Waals surface area (Å²) in [7, 11) is 1.32. The van der Waals surface area contributed by atoms with E-state index in [1.165, 1.54) is 7.11 Å². The topological polar surface area (TPSA) is 46.5 Å². The highest BCUT2D eigenvalue weighted by Crippen LogP contribution is 2.10. The number of hydrogen-bond acceptors (Lipinski definition) is 4. The molecule has 3 nitrogen and oxygen atoms in total. The Balaban J connectivity index is 2.33. The molecule has 0 fully saturated rings. The van der Waals surface area contributed by atoms with E-state index in [2.05, 4.69) is 4.74 Å². The van der Waals surface area contributed by atoms with E-state index in [9.17, 15) is 9.90 Å². The van der Waals surface area contributed by atoms with Gasteiger partial charge in [0.15, 0.2) is 0 Å². The molecule has 1 aromatic heterocycles. The van der Waals surface area contributed by atoms with Crippen LogP contribution in [0.2, 0.25) is 0 Å². The molecule has 1 rings (SSSR count). The molecule has 0 bridgehead atoms. The smallest absolute Gasteiger partial charge is 0.308 e. The molecule has 1 N–H and O–H groups in total. The van der Waals surface area contributed by atoms with Crippen molar-refractivity contribution in [1.82, 2.24) is 0 Å². The summed E-state index contributed by atoms with van der Waals surface area (Å²) in [4.78, 5) is 10.8. The molecule has 0 saturated carbocycles. The molecule has 0 radical (unpaired) electrons. The second kappa shape index (κ2) is 4.99. The molecular weight excluding hydrogens is 188 g/mol. The SMILES string of the molecule is COC(=O)CC(O)Cc1ccsc1. The maximum Gasteiger partial charge on any atom is 0.308 e. The van der Waals surface area contributed by atoms with Crippen LogP contribution in [0.15, 0.2) is 16.8 Å². The summed E-state index contributed by atoms with van der Waals surface area (Å²) in [5.41, 5.74) is 1.06. The van der Waals surface area contributed by atoms with Crippen LogP contribution in [0.4, 0.5) is 0 Å². The van der Waals surface area contributed by atoms with Gasteiger partial charge in [-0.1, -0.05) is 0 Å². The number of hydrogen-bond donors (Lipinski definition) is 1. The molecule has 0 saturated heterocycles. The van der Waals surface area contributed by atoms with E-state index in [4.69, 9.17) is 0 Å². The van der Waals surface area contributed by atoms with Gasteiger partial charge in [0.1, 0.15) is 0 Å². The van der Waals surface area contributed by atoms with Crippen LogP contribution in [0.5, 0.6) is 0 Å². The highest BCUT2D eigenvalue weighted by atomic mass is 32.1. The van der Waals surface area contributed by atoms with E-state index in [-0.39, 0.29) is 12.4 Å². The average Bonchev–Trinajstić information content (AvgIpc) is 2.56. The summed E-state index contributed by atoms with van der Waals surface area (Å²) in [6, 6.07) is 1.94. The molecule has 0 aliphatic heterocycles. The first-order valence-corrected chi connectivity index (χ1v) is 4.92. The van der Waals surface area contributed by atoms with Gasteiger partial charge in [-0.3, -0.25) is 4.79 Å². The second-order valence-corrected chi connectivity index (χ2v) is 3.55. The van der Waals surface area contributed by atoms with Crippen molar-refractivity contribution in [2.75, 3.05) is 7.11 Å². The van der Waals surface area contributed by atoms with Crippen molar-refractivity contribution in [3.8, 4) is 0 Å². The summed E-state index contributed by atoms with van der Waals surface area (Å²) >= 11 is 1.58. The monoisotopic (exact) mass is 200 g/mol. The van der Waals surface area contributed by atoms with Crippen LogP contribution < -0.4 is 0 Å². The number of aliphatic hydroxyl groups excluding tert-OH is 1. The Morgan fingerprint density at radius 1 is 1.77 bits per heavy atom. The third kappa shape index (κ3) is 3.57. The third-order valence-corrected chi connectivity index (χ3v) is 2.41. The van der Waals surface area contributed by atoms with Gasteiger partial charge in [0, 0.05) is 0 Å². The third-order valence-electron chi connectivity index (χ3n) is 1.68. The van der Waals surface area contributed by atoms with Gasteiger partial charge in [-0.05, 0) is 28.8 Å². The van der Waals surface area contributed by atoms with Crippen molar-refractivity contribution in [2.24, 2.45) is 0 Å². The minimum atomic E-state index is -0.637. The Bertz CT molecular complexity index is 256. The van der Waals surface area contributed by atoms with Crippen LogP contribution >= 0.6 is 11.3 Å². The van der Waals surface area contributed by atoms with E-state index in [0.717, 1.165) is 5.56 Å². The first kappa shape index (κ1) is 10.2. The summed E-state index contributed by atoms with van der Waals surface area (Å²) in [6.45, 7) is 0. The number of aliphatic hydroxyl groups is 1. The Kier molecular flexibility index (Phi) is 3.92. The van der Waals surface area contributed by atoms with Crippen molar-refractivity contribution in [2.45, 2.75) is 18.9 Å². The van der Waals surface area contributed by atoms with E-state index < -0.39 is 6.10 Å². The largest absolute Gasteiger partial charge is 0.469 e. The van der Waals surface area contributed by atoms with Gasteiger partial charge in [-0.2, -0.15) is 11.3 Å². The predicted octanol–water partition coefficient (Wildman–Crippen LogP) is 1.21. The lowest BCUT2D eigenvalue weighted by molar-refractivity contribution is -0.142. The number of ether oxygens (including phenoxy) is 1. The van der Waals surface area contributed by atoms with Gasteiger partial charge in [-0.15, -0.1) is 0 Å². The number of thiophene rings is 1. The number of carbonyl (C=O) groups excluding carboxylic acids is 1. The van der Waals surface area contributed by atoms with E-state index >= 15 is 0 Å². The summed E-state index contributed by atoms with van der Waals surface area (Å²) < 4.78 is 4.44. The number of rotatable bonds is 4. The van der Waals surface area contributed by atoms with Crippen molar-refractivity contribution in [3.05, 3.63) is 22.4 Å². The summed E-state index contributed by atoms with van der Waals surface area (Å²) in [5.74, 6) is -0.372. The van der Waals surface area contributed by atoms with Crippen molar-refractivity contribution in [3.63, 3.8) is 0 Å². The standard InChI is InChI=1S/C9H12O3S/c1-12-9(11)5-8(10)4-7-2-3-13-6-7/h2-3,6,8,10H,4-5H2,1H3. The lowest BCUT2D eigenvalue weighted by Gasteiger charge is -2.06. The van der Waals surface area contributed by atoms with Crippen LogP contribution in [0.25, 0.3) is 0 Å². The average molecular weight is 200 g/mol. The van der Waals surface area contributed by atoms with Crippen LogP contribution in [0, 0.1) is 0 Å². The molecule has 1 unspecified atom stereocenters. The van der Waals surface area contributed by atoms with Gasteiger partial charge < -0.3 is 9.84 Å². The van der Waals surface area contributed by atoms with Gasteiger partial charge >= 0.3 is 5.97 Å². The fourth-order valence-corrected chi connectivity index (χ4v) is 1.71. The predicted molar refractivity (Wildman–Crippen MR) is 50.7 cm³/mol. The number of methoxy groups -OCH3 is 1. The Morgan fingerprint density at radius 2 is 2.54 bits per heavy atom. The molecule has 0 spiro atoms. The Labute approximate surface area is 81.0 Å². The molecule has 0 aliphatic rings. The van der Waals surface area contributed by atoms with Crippen LogP contribution in [0.3, 0.4) is 0 Å². The van der Waals surface area contributed by atoms with Gasteiger partial charge in [-0.25, -0.2) is 0 Å². The van der Waals surface area contributed by atoms with E-state index in [1.54, 1.807) is 11.3 Å². The fourth-order valence-electron chi connectivity index (χ4n) is 1.03.